The van der Waals surface area contributed by atoms with Gasteiger partial charge >= 0.3 is 6.18 Å². The Morgan fingerprint density at radius 1 is 1.05 bits per heavy atom. The smallest absolute Gasteiger partial charge is 0.271 e. The topological polar surface area (TPSA) is 38.0 Å². The minimum atomic E-state index is -4.44. The van der Waals surface area contributed by atoms with E-state index in [0.29, 0.717) is 11.1 Å². The zero-order chi connectivity index (χ0) is 15.6. The summed E-state index contributed by atoms with van der Waals surface area (Å²) in [6.07, 6.45) is -4.44. The Bertz CT molecular complexity index is 643. The van der Waals surface area contributed by atoms with E-state index >= 15 is 0 Å². The molecule has 2 aromatic rings. The number of hydrazine groups is 1. The molecule has 0 bridgehead atoms. The Kier molecular flexibility index (Phi) is 4.65. The molecule has 0 saturated heterocycles. The zero-order valence-corrected chi connectivity index (χ0v) is 12.2. The Morgan fingerprint density at radius 3 is 2.29 bits per heavy atom. The maximum absolute atomic E-state index is 13.6. The second-order valence-electron chi connectivity index (χ2n) is 4.40. The molecule has 2 nitrogen and oxygen atoms in total. The lowest BCUT2D eigenvalue weighted by Crippen LogP contribution is -2.29. The quantitative estimate of drug-likeness (QED) is 0.488. The van der Waals surface area contributed by atoms with Gasteiger partial charge in [-0.05, 0) is 51.3 Å². The highest BCUT2D eigenvalue weighted by Gasteiger charge is 2.31. The average molecular weight is 363 g/mol. The molecule has 1 unspecified atom stereocenters. The third kappa shape index (κ3) is 3.61. The standard InChI is InChI=1S/C14H11BrF4N2/c15-11-5-4-9(7-12(11)16)13(21-20)8-2-1-3-10(6-8)14(17,18)19/h1-7,13,21H,20H2. The van der Waals surface area contributed by atoms with Crippen molar-refractivity contribution in [1.29, 1.82) is 0 Å². The van der Waals surface area contributed by atoms with Crippen molar-refractivity contribution in [3.05, 3.63) is 69.4 Å². The summed E-state index contributed by atoms with van der Waals surface area (Å²) in [4.78, 5) is 0. The van der Waals surface area contributed by atoms with Gasteiger partial charge in [-0.25, -0.2) is 9.82 Å². The van der Waals surface area contributed by atoms with Crippen LogP contribution in [0.5, 0.6) is 0 Å². The van der Waals surface area contributed by atoms with Gasteiger partial charge in [0.15, 0.2) is 0 Å². The molecule has 112 valence electrons. The molecule has 21 heavy (non-hydrogen) atoms. The van der Waals surface area contributed by atoms with E-state index in [0.717, 1.165) is 12.1 Å². The molecule has 0 aromatic heterocycles. The molecule has 7 heteroatoms. The van der Waals surface area contributed by atoms with Crippen molar-refractivity contribution in [1.82, 2.24) is 5.43 Å². The van der Waals surface area contributed by atoms with Crippen LogP contribution in [0.3, 0.4) is 0 Å². The molecular formula is C14H11BrF4N2. The minimum Gasteiger partial charge on any atom is -0.271 e. The maximum atomic E-state index is 13.6. The summed E-state index contributed by atoms with van der Waals surface area (Å²) in [5.41, 5.74) is 2.36. The Hall–Kier alpha value is -1.44. The number of hydrogen-bond donors (Lipinski definition) is 2. The van der Waals surface area contributed by atoms with Crippen LogP contribution >= 0.6 is 15.9 Å². The van der Waals surface area contributed by atoms with Gasteiger partial charge in [-0.15, -0.1) is 0 Å². The largest absolute Gasteiger partial charge is 0.416 e. The molecule has 2 rings (SSSR count). The van der Waals surface area contributed by atoms with Crippen molar-refractivity contribution in [3.8, 4) is 0 Å². The van der Waals surface area contributed by atoms with Crippen molar-refractivity contribution in [3.63, 3.8) is 0 Å². The lowest BCUT2D eigenvalue weighted by molar-refractivity contribution is -0.137. The monoisotopic (exact) mass is 362 g/mol. The molecule has 1 atom stereocenters. The van der Waals surface area contributed by atoms with Gasteiger partial charge in [0.25, 0.3) is 0 Å². The van der Waals surface area contributed by atoms with Gasteiger partial charge in [0.2, 0.25) is 0 Å². The highest BCUT2D eigenvalue weighted by Crippen LogP contribution is 2.32. The molecule has 0 saturated carbocycles. The van der Waals surface area contributed by atoms with Gasteiger partial charge < -0.3 is 0 Å². The molecule has 0 aliphatic rings. The fourth-order valence-electron chi connectivity index (χ4n) is 1.97. The van der Waals surface area contributed by atoms with Crippen LogP contribution in [0.1, 0.15) is 22.7 Å². The SMILES string of the molecule is NNC(c1cccc(C(F)(F)F)c1)c1ccc(Br)c(F)c1. The number of halogens is 5. The molecule has 0 fully saturated rings. The van der Waals surface area contributed by atoms with E-state index in [9.17, 15) is 17.6 Å². The predicted molar refractivity (Wildman–Crippen MR) is 74.7 cm³/mol. The molecule has 0 amide bonds. The van der Waals surface area contributed by atoms with Crippen molar-refractivity contribution in [2.45, 2.75) is 12.2 Å². The molecule has 0 radical (unpaired) electrons. The van der Waals surface area contributed by atoms with E-state index in [4.69, 9.17) is 5.84 Å². The number of alkyl halides is 3. The van der Waals surface area contributed by atoms with E-state index < -0.39 is 23.6 Å². The van der Waals surface area contributed by atoms with Crippen molar-refractivity contribution < 1.29 is 17.6 Å². The minimum absolute atomic E-state index is 0.270. The predicted octanol–water partition coefficient (Wildman–Crippen LogP) is 4.16. The Labute approximate surface area is 127 Å². The lowest BCUT2D eigenvalue weighted by atomic mass is 9.97. The van der Waals surface area contributed by atoms with E-state index in [1.54, 1.807) is 6.07 Å². The molecule has 0 heterocycles. The van der Waals surface area contributed by atoms with Crippen molar-refractivity contribution in [2.24, 2.45) is 5.84 Å². The Morgan fingerprint density at radius 2 is 1.71 bits per heavy atom. The van der Waals surface area contributed by atoms with E-state index in [1.807, 2.05) is 0 Å². The average Bonchev–Trinajstić information content (AvgIpc) is 2.43. The van der Waals surface area contributed by atoms with Crippen LogP contribution in [-0.2, 0) is 6.18 Å². The van der Waals surface area contributed by atoms with Crippen molar-refractivity contribution in [2.75, 3.05) is 0 Å². The highest BCUT2D eigenvalue weighted by atomic mass is 79.9. The van der Waals surface area contributed by atoms with E-state index in [-0.39, 0.29) is 4.47 Å². The van der Waals surface area contributed by atoms with Crippen LogP contribution in [0.25, 0.3) is 0 Å². The summed E-state index contributed by atoms with van der Waals surface area (Å²) in [7, 11) is 0. The summed E-state index contributed by atoms with van der Waals surface area (Å²) < 4.78 is 52.0. The van der Waals surface area contributed by atoms with E-state index in [1.165, 1.54) is 24.3 Å². The second kappa shape index (κ2) is 6.13. The summed E-state index contributed by atoms with van der Waals surface area (Å²) in [6, 6.07) is 8.28. The van der Waals surface area contributed by atoms with Crippen LogP contribution < -0.4 is 11.3 Å². The second-order valence-corrected chi connectivity index (χ2v) is 5.25. The van der Waals surface area contributed by atoms with Gasteiger partial charge in [-0.1, -0.05) is 18.2 Å². The van der Waals surface area contributed by atoms with Gasteiger partial charge in [-0.3, -0.25) is 5.84 Å². The van der Waals surface area contributed by atoms with Crippen LogP contribution in [-0.4, -0.2) is 0 Å². The first-order chi connectivity index (χ1) is 9.82. The number of nitrogens with two attached hydrogens (primary N) is 1. The number of hydrogen-bond acceptors (Lipinski definition) is 2. The van der Waals surface area contributed by atoms with Gasteiger partial charge in [0.1, 0.15) is 5.82 Å². The third-order valence-electron chi connectivity index (χ3n) is 2.99. The first-order valence-electron chi connectivity index (χ1n) is 5.91. The van der Waals surface area contributed by atoms with Crippen LogP contribution in [0.4, 0.5) is 17.6 Å². The Balaban J connectivity index is 2.44. The molecule has 0 spiro atoms. The maximum Gasteiger partial charge on any atom is 0.416 e. The molecule has 2 aromatic carbocycles. The van der Waals surface area contributed by atoms with Gasteiger partial charge in [-0.2, -0.15) is 13.2 Å². The van der Waals surface area contributed by atoms with Gasteiger partial charge in [0, 0.05) is 0 Å². The van der Waals surface area contributed by atoms with E-state index in [2.05, 4.69) is 21.4 Å². The normalized spacial score (nSPS) is 13.2. The molecule has 0 aliphatic carbocycles. The summed E-state index contributed by atoms with van der Waals surface area (Å²) in [5.74, 6) is 4.90. The zero-order valence-electron chi connectivity index (χ0n) is 10.6. The first kappa shape index (κ1) is 15.9. The molecule has 0 aliphatic heterocycles. The summed E-state index contributed by atoms with van der Waals surface area (Å²) in [5, 5.41) is 0. The highest BCUT2D eigenvalue weighted by molar-refractivity contribution is 9.10. The molecular weight excluding hydrogens is 352 g/mol. The number of rotatable bonds is 3. The number of benzene rings is 2. The van der Waals surface area contributed by atoms with Gasteiger partial charge in [0.05, 0.1) is 16.1 Å². The first-order valence-corrected chi connectivity index (χ1v) is 6.70. The molecule has 3 N–H and O–H groups in total. The van der Waals surface area contributed by atoms with Crippen LogP contribution in [0.2, 0.25) is 0 Å². The van der Waals surface area contributed by atoms with Crippen LogP contribution in [0.15, 0.2) is 46.9 Å². The number of nitrogens with one attached hydrogen (secondary N) is 1. The van der Waals surface area contributed by atoms with Crippen LogP contribution in [0, 0.1) is 5.82 Å². The van der Waals surface area contributed by atoms with Crippen molar-refractivity contribution >= 4 is 15.9 Å². The fraction of sp³-hybridized carbons (Fsp3) is 0.143. The third-order valence-corrected chi connectivity index (χ3v) is 3.63. The summed E-state index contributed by atoms with van der Waals surface area (Å²) >= 11 is 3.02. The fourth-order valence-corrected chi connectivity index (χ4v) is 2.22. The lowest BCUT2D eigenvalue weighted by Gasteiger charge is -2.18. The summed E-state index contributed by atoms with van der Waals surface area (Å²) in [6.45, 7) is 0.